The van der Waals surface area contributed by atoms with E-state index in [1.165, 1.54) is 12.1 Å². The van der Waals surface area contributed by atoms with Gasteiger partial charge in [-0.2, -0.15) is 0 Å². The highest BCUT2D eigenvalue weighted by Crippen LogP contribution is 2.37. The average Bonchev–Trinajstić information content (AvgIpc) is 2.39. The Bertz CT molecular complexity index is 553. The molecule has 0 amide bonds. The third-order valence-corrected chi connectivity index (χ3v) is 4.09. The van der Waals surface area contributed by atoms with Gasteiger partial charge >= 0.3 is 5.97 Å². The first-order chi connectivity index (χ1) is 9.33. The fourth-order valence-electron chi connectivity index (χ4n) is 2.36. The maximum absolute atomic E-state index is 11.2. The van der Waals surface area contributed by atoms with Crippen molar-refractivity contribution in [1.29, 1.82) is 0 Å². The van der Waals surface area contributed by atoms with Gasteiger partial charge in [0, 0.05) is 24.2 Å². The van der Waals surface area contributed by atoms with E-state index in [2.05, 4.69) is 0 Å². The number of carbonyl (C=O) groups is 1. The molecular formula is C13H15ClN2O4. The normalized spacial score (nSPS) is 17.8. The highest BCUT2D eigenvalue weighted by atomic mass is 35.5. The summed E-state index contributed by atoms with van der Waals surface area (Å²) in [5.74, 6) is -0.822. The number of carboxylic acids is 1. The zero-order chi connectivity index (χ0) is 14.9. The first-order valence-corrected chi connectivity index (χ1v) is 6.63. The van der Waals surface area contributed by atoms with Crippen molar-refractivity contribution in [3.63, 3.8) is 0 Å². The van der Waals surface area contributed by atoms with Gasteiger partial charge in [-0.15, -0.1) is 0 Å². The smallest absolute Gasteiger partial charge is 0.309 e. The maximum Gasteiger partial charge on any atom is 0.309 e. The number of nitro benzene ring substituents is 1. The van der Waals surface area contributed by atoms with Crippen LogP contribution in [-0.2, 0) is 4.79 Å². The lowest BCUT2D eigenvalue weighted by molar-refractivity contribution is -0.384. The Hall–Kier alpha value is -1.82. The molecule has 0 aromatic heterocycles. The lowest BCUT2D eigenvalue weighted by Crippen LogP contribution is -2.42. The molecule has 0 saturated carbocycles. The number of aliphatic carboxylic acids is 1. The molecular weight excluding hydrogens is 284 g/mol. The Morgan fingerprint density at radius 1 is 1.45 bits per heavy atom. The third-order valence-electron chi connectivity index (χ3n) is 3.86. The van der Waals surface area contributed by atoms with Gasteiger partial charge in [0.1, 0.15) is 5.69 Å². The molecule has 20 heavy (non-hydrogen) atoms. The number of benzene rings is 1. The van der Waals surface area contributed by atoms with Gasteiger partial charge in [-0.05, 0) is 31.9 Å². The van der Waals surface area contributed by atoms with Crippen LogP contribution in [0.25, 0.3) is 0 Å². The Morgan fingerprint density at radius 3 is 2.55 bits per heavy atom. The summed E-state index contributed by atoms with van der Waals surface area (Å²) in [6.45, 7) is 2.63. The third kappa shape index (κ3) is 2.70. The second-order valence-corrected chi connectivity index (χ2v) is 5.68. The summed E-state index contributed by atoms with van der Waals surface area (Å²) in [5.41, 5.74) is -0.313. The lowest BCUT2D eigenvalue weighted by Gasteiger charge is -2.37. The summed E-state index contributed by atoms with van der Waals surface area (Å²) < 4.78 is 0. The second kappa shape index (κ2) is 5.28. The van der Waals surface area contributed by atoms with Crippen LogP contribution in [-0.4, -0.2) is 29.1 Å². The summed E-state index contributed by atoms with van der Waals surface area (Å²) in [4.78, 5) is 23.6. The molecule has 2 rings (SSSR count). The van der Waals surface area contributed by atoms with E-state index in [9.17, 15) is 20.0 Å². The van der Waals surface area contributed by atoms with Crippen molar-refractivity contribution in [3.05, 3.63) is 33.3 Å². The largest absolute Gasteiger partial charge is 0.481 e. The van der Waals surface area contributed by atoms with Crippen LogP contribution in [0.15, 0.2) is 18.2 Å². The predicted molar refractivity (Wildman–Crippen MR) is 75.3 cm³/mol. The number of rotatable bonds is 3. The topological polar surface area (TPSA) is 83.7 Å². The summed E-state index contributed by atoms with van der Waals surface area (Å²) >= 11 is 5.90. The SMILES string of the molecule is CC1(C(=O)O)CCN(c2cc(Cl)ccc2[N+](=O)[O-])CC1. The highest BCUT2D eigenvalue weighted by molar-refractivity contribution is 6.31. The van der Waals surface area contributed by atoms with Crippen LogP contribution in [0.1, 0.15) is 19.8 Å². The summed E-state index contributed by atoms with van der Waals surface area (Å²) in [7, 11) is 0. The van der Waals surface area contributed by atoms with E-state index in [-0.39, 0.29) is 5.69 Å². The van der Waals surface area contributed by atoms with Gasteiger partial charge in [-0.25, -0.2) is 0 Å². The summed E-state index contributed by atoms with van der Waals surface area (Å²) in [6, 6.07) is 4.42. The van der Waals surface area contributed by atoms with E-state index >= 15 is 0 Å². The van der Waals surface area contributed by atoms with Gasteiger partial charge in [0.15, 0.2) is 0 Å². The monoisotopic (exact) mass is 298 g/mol. The standard InChI is InChI=1S/C13H15ClN2O4/c1-13(12(17)18)4-6-15(7-5-13)11-8-9(14)2-3-10(11)16(19)20/h2-3,8H,4-7H2,1H3,(H,17,18). The molecule has 6 nitrogen and oxygen atoms in total. The van der Waals surface area contributed by atoms with Crippen molar-refractivity contribution >= 4 is 28.9 Å². The maximum atomic E-state index is 11.2. The molecule has 1 fully saturated rings. The second-order valence-electron chi connectivity index (χ2n) is 5.24. The molecule has 0 bridgehead atoms. The van der Waals surface area contributed by atoms with Crippen LogP contribution in [0.4, 0.5) is 11.4 Å². The molecule has 0 radical (unpaired) electrons. The highest BCUT2D eigenvalue weighted by Gasteiger charge is 2.38. The van der Waals surface area contributed by atoms with Crippen LogP contribution in [0.2, 0.25) is 5.02 Å². The van der Waals surface area contributed by atoms with Crippen LogP contribution in [0.3, 0.4) is 0 Å². The minimum Gasteiger partial charge on any atom is -0.481 e. The van der Waals surface area contributed by atoms with E-state index in [0.29, 0.717) is 36.6 Å². The summed E-state index contributed by atoms with van der Waals surface area (Å²) in [5, 5.41) is 20.7. The van der Waals surface area contributed by atoms with Crippen molar-refractivity contribution in [1.82, 2.24) is 0 Å². The minimum atomic E-state index is -0.822. The molecule has 1 aromatic rings. The predicted octanol–water partition coefficient (Wildman–Crippen LogP) is 2.94. The molecule has 0 spiro atoms. The number of hydrogen-bond acceptors (Lipinski definition) is 4. The molecule has 0 unspecified atom stereocenters. The van der Waals surface area contributed by atoms with E-state index < -0.39 is 16.3 Å². The van der Waals surface area contributed by atoms with Crippen LogP contribution < -0.4 is 4.90 Å². The number of anilines is 1. The van der Waals surface area contributed by atoms with Crippen molar-refractivity contribution in [2.45, 2.75) is 19.8 Å². The molecule has 108 valence electrons. The molecule has 1 saturated heterocycles. The van der Waals surface area contributed by atoms with Crippen molar-refractivity contribution in [2.24, 2.45) is 5.41 Å². The number of halogens is 1. The van der Waals surface area contributed by atoms with Gasteiger partial charge in [0.2, 0.25) is 0 Å². The average molecular weight is 299 g/mol. The van der Waals surface area contributed by atoms with Crippen LogP contribution >= 0.6 is 11.6 Å². The van der Waals surface area contributed by atoms with Gasteiger partial charge in [0.25, 0.3) is 5.69 Å². The fraction of sp³-hybridized carbons (Fsp3) is 0.462. The van der Waals surface area contributed by atoms with Crippen LogP contribution in [0.5, 0.6) is 0 Å². The molecule has 0 atom stereocenters. The number of piperidine rings is 1. The Labute approximate surface area is 121 Å². The van der Waals surface area contributed by atoms with Gasteiger partial charge in [-0.1, -0.05) is 11.6 Å². The van der Waals surface area contributed by atoms with Gasteiger partial charge < -0.3 is 10.0 Å². The van der Waals surface area contributed by atoms with Crippen molar-refractivity contribution in [3.8, 4) is 0 Å². The van der Waals surface area contributed by atoms with Crippen molar-refractivity contribution in [2.75, 3.05) is 18.0 Å². The molecule has 1 heterocycles. The number of hydrogen-bond donors (Lipinski definition) is 1. The van der Waals surface area contributed by atoms with E-state index in [1.54, 1.807) is 13.0 Å². The number of carboxylic acid groups (broad SMARTS) is 1. The van der Waals surface area contributed by atoms with Crippen molar-refractivity contribution < 1.29 is 14.8 Å². The molecule has 1 aliphatic heterocycles. The van der Waals surface area contributed by atoms with E-state index in [0.717, 1.165) is 0 Å². The fourth-order valence-corrected chi connectivity index (χ4v) is 2.53. The zero-order valence-corrected chi connectivity index (χ0v) is 11.8. The molecule has 7 heteroatoms. The first-order valence-electron chi connectivity index (χ1n) is 6.26. The first kappa shape index (κ1) is 14.6. The molecule has 1 N–H and O–H groups in total. The quantitative estimate of drug-likeness (QED) is 0.685. The minimum absolute atomic E-state index is 0.00618. The Morgan fingerprint density at radius 2 is 2.05 bits per heavy atom. The van der Waals surface area contributed by atoms with Gasteiger partial charge in [0.05, 0.1) is 10.3 Å². The summed E-state index contributed by atoms with van der Waals surface area (Å²) in [6.07, 6.45) is 0.901. The molecule has 0 aliphatic carbocycles. The van der Waals surface area contributed by atoms with Gasteiger partial charge in [-0.3, -0.25) is 14.9 Å². The Kier molecular flexibility index (Phi) is 3.85. The van der Waals surface area contributed by atoms with Crippen LogP contribution in [0, 0.1) is 15.5 Å². The van der Waals surface area contributed by atoms with E-state index in [1.807, 2.05) is 4.90 Å². The Balaban J connectivity index is 2.25. The number of nitro groups is 1. The molecule has 1 aromatic carbocycles. The number of nitrogens with zero attached hydrogens (tertiary/aromatic N) is 2. The zero-order valence-electron chi connectivity index (χ0n) is 11.0. The van der Waals surface area contributed by atoms with E-state index in [4.69, 9.17) is 11.6 Å². The molecule has 1 aliphatic rings. The lowest BCUT2D eigenvalue weighted by atomic mass is 9.80.